The number of aromatic nitrogens is 4. The SMILES string of the molecule is Cn1nnnc1C(/C=C/[C@@H]1C[C@@H](O)CC(=O)O1)=C(c1ccccc1F)c1ccccc1F. The summed E-state index contributed by atoms with van der Waals surface area (Å²) in [7, 11) is 1.61. The van der Waals surface area contributed by atoms with Gasteiger partial charge >= 0.3 is 5.97 Å². The van der Waals surface area contributed by atoms with Gasteiger partial charge in [-0.05, 0) is 28.6 Å². The first-order valence-electron chi connectivity index (χ1n) is 9.96. The van der Waals surface area contributed by atoms with Crippen molar-refractivity contribution in [3.63, 3.8) is 0 Å². The van der Waals surface area contributed by atoms with Gasteiger partial charge in [0.05, 0.1) is 12.5 Å². The quantitative estimate of drug-likeness (QED) is 0.487. The van der Waals surface area contributed by atoms with Crippen LogP contribution in [0.1, 0.15) is 29.8 Å². The summed E-state index contributed by atoms with van der Waals surface area (Å²) in [5.74, 6) is -1.37. The molecule has 164 valence electrons. The van der Waals surface area contributed by atoms with E-state index in [2.05, 4.69) is 15.5 Å². The predicted octanol–water partition coefficient (Wildman–Crippen LogP) is 3.07. The smallest absolute Gasteiger partial charge is 0.309 e. The van der Waals surface area contributed by atoms with Gasteiger partial charge < -0.3 is 9.84 Å². The Balaban J connectivity index is 1.96. The number of benzene rings is 2. The van der Waals surface area contributed by atoms with E-state index in [9.17, 15) is 18.7 Å². The molecular weight excluding hydrogens is 418 g/mol. The third-order valence-corrected chi connectivity index (χ3v) is 5.08. The van der Waals surface area contributed by atoms with Crippen molar-refractivity contribution in [2.45, 2.75) is 25.0 Å². The minimum absolute atomic E-state index is 0.0735. The number of cyclic esters (lactones) is 1. The first-order chi connectivity index (χ1) is 15.4. The Bertz CT molecular complexity index is 1160. The van der Waals surface area contributed by atoms with Crippen LogP contribution in [-0.2, 0) is 16.6 Å². The Hall–Kier alpha value is -3.72. The van der Waals surface area contributed by atoms with Crippen LogP contribution < -0.4 is 0 Å². The van der Waals surface area contributed by atoms with Gasteiger partial charge in [0.2, 0.25) is 0 Å². The number of aryl methyl sites for hydroxylation is 1. The van der Waals surface area contributed by atoms with E-state index in [4.69, 9.17) is 4.74 Å². The number of ether oxygens (including phenoxy) is 1. The maximum atomic E-state index is 14.9. The fraction of sp³-hybridized carbons (Fsp3) is 0.217. The highest BCUT2D eigenvalue weighted by atomic mass is 19.1. The van der Waals surface area contributed by atoms with Crippen LogP contribution >= 0.6 is 0 Å². The molecule has 1 aromatic heterocycles. The Kier molecular flexibility index (Phi) is 6.18. The second-order valence-electron chi connectivity index (χ2n) is 7.36. The average molecular weight is 438 g/mol. The topological polar surface area (TPSA) is 90.1 Å². The summed E-state index contributed by atoms with van der Waals surface area (Å²) in [5, 5.41) is 21.4. The predicted molar refractivity (Wildman–Crippen MR) is 112 cm³/mol. The first kappa shape index (κ1) is 21.5. The number of allylic oxidation sites excluding steroid dienone is 2. The van der Waals surface area contributed by atoms with Gasteiger partial charge in [-0.15, -0.1) is 5.10 Å². The van der Waals surface area contributed by atoms with E-state index in [1.54, 1.807) is 55.6 Å². The van der Waals surface area contributed by atoms with Crippen molar-refractivity contribution >= 4 is 17.1 Å². The lowest BCUT2D eigenvalue weighted by atomic mass is 9.91. The van der Waals surface area contributed by atoms with Gasteiger partial charge in [0.1, 0.15) is 17.7 Å². The Morgan fingerprint density at radius 1 is 1.12 bits per heavy atom. The van der Waals surface area contributed by atoms with Crippen LogP contribution in [0, 0.1) is 11.6 Å². The highest BCUT2D eigenvalue weighted by Gasteiger charge is 2.26. The van der Waals surface area contributed by atoms with Gasteiger partial charge in [-0.25, -0.2) is 13.5 Å². The van der Waals surface area contributed by atoms with E-state index in [0.717, 1.165) is 0 Å². The first-order valence-corrected chi connectivity index (χ1v) is 9.96. The fourth-order valence-corrected chi connectivity index (χ4v) is 3.62. The molecule has 0 saturated carbocycles. The molecule has 0 aliphatic carbocycles. The van der Waals surface area contributed by atoms with Gasteiger partial charge in [-0.1, -0.05) is 42.5 Å². The summed E-state index contributed by atoms with van der Waals surface area (Å²) in [4.78, 5) is 11.7. The largest absolute Gasteiger partial charge is 0.458 e. The van der Waals surface area contributed by atoms with Crippen LogP contribution in [0.15, 0.2) is 60.7 Å². The fourth-order valence-electron chi connectivity index (χ4n) is 3.62. The van der Waals surface area contributed by atoms with Crippen molar-refractivity contribution in [1.29, 1.82) is 0 Å². The van der Waals surface area contributed by atoms with Gasteiger partial charge in [0.15, 0.2) is 5.82 Å². The molecule has 1 N–H and O–H groups in total. The molecule has 0 radical (unpaired) electrons. The van der Waals surface area contributed by atoms with Crippen LogP contribution in [0.5, 0.6) is 0 Å². The zero-order chi connectivity index (χ0) is 22.7. The molecule has 7 nitrogen and oxygen atoms in total. The van der Waals surface area contributed by atoms with Crippen LogP contribution in [0.2, 0.25) is 0 Å². The number of carbonyl (C=O) groups is 1. The lowest BCUT2D eigenvalue weighted by Crippen LogP contribution is -2.31. The zero-order valence-electron chi connectivity index (χ0n) is 17.2. The normalized spacial score (nSPS) is 18.6. The minimum Gasteiger partial charge on any atom is -0.458 e. The number of nitrogens with zero attached hydrogens (tertiary/aromatic N) is 4. The van der Waals surface area contributed by atoms with Crippen molar-refractivity contribution in [2.75, 3.05) is 0 Å². The lowest BCUT2D eigenvalue weighted by molar-refractivity contribution is -0.156. The lowest BCUT2D eigenvalue weighted by Gasteiger charge is -2.23. The van der Waals surface area contributed by atoms with E-state index < -0.39 is 29.8 Å². The third-order valence-electron chi connectivity index (χ3n) is 5.08. The third kappa shape index (κ3) is 4.47. The van der Waals surface area contributed by atoms with Gasteiger partial charge in [0, 0.05) is 35.7 Å². The van der Waals surface area contributed by atoms with Gasteiger partial charge in [0.25, 0.3) is 0 Å². The Morgan fingerprint density at radius 3 is 2.28 bits per heavy atom. The summed E-state index contributed by atoms with van der Waals surface area (Å²) in [6.45, 7) is 0. The van der Waals surface area contributed by atoms with E-state index in [1.165, 1.54) is 16.8 Å². The minimum atomic E-state index is -0.826. The molecule has 2 heterocycles. The second-order valence-corrected chi connectivity index (χ2v) is 7.36. The number of rotatable bonds is 5. The molecule has 2 atom stereocenters. The summed E-state index contributed by atoms with van der Waals surface area (Å²) < 4.78 is 36.5. The molecule has 0 amide bonds. The summed E-state index contributed by atoms with van der Waals surface area (Å²) in [6.07, 6.45) is 1.73. The molecule has 1 aliphatic heterocycles. The molecule has 9 heteroatoms. The number of hydrogen-bond acceptors (Lipinski definition) is 6. The summed E-state index contributed by atoms with van der Waals surface area (Å²) in [5.41, 5.74) is 0.865. The van der Waals surface area contributed by atoms with Crippen LogP contribution in [-0.4, -0.2) is 43.5 Å². The van der Waals surface area contributed by atoms with E-state index in [0.29, 0.717) is 5.57 Å². The number of carbonyl (C=O) groups excluding carboxylic acids is 1. The summed E-state index contributed by atoms with van der Waals surface area (Å²) in [6, 6.07) is 12.0. The van der Waals surface area contributed by atoms with Crippen molar-refractivity contribution in [3.05, 3.63) is 89.3 Å². The maximum absolute atomic E-state index is 14.9. The molecule has 32 heavy (non-hydrogen) atoms. The Labute approximate surface area is 182 Å². The molecule has 0 bridgehead atoms. The standard InChI is InChI=1S/C23H20F2N4O3/c1-29-23(26-27-28-29)18(11-10-15-12-14(30)13-21(31)32-15)22(16-6-2-4-8-19(16)24)17-7-3-5-9-20(17)25/h2-11,14-15,30H,12-13H2,1H3/b11-10+/t14-,15-/m1/s1. The average Bonchev–Trinajstić information content (AvgIpc) is 3.18. The molecule has 3 aromatic rings. The highest BCUT2D eigenvalue weighted by Crippen LogP contribution is 2.35. The monoisotopic (exact) mass is 438 g/mol. The number of tetrazole rings is 1. The molecule has 4 rings (SSSR count). The van der Waals surface area contributed by atoms with Gasteiger partial charge in [-0.2, -0.15) is 0 Å². The number of esters is 1. The van der Waals surface area contributed by atoms with Crippen molar-refractivity contribution in [1.82, 2.24) is 20.2 Å². The molecule has 1 aliphatic rings. The molecule has 1 saturated heterocycles. The Morgan fingerprint density at radius 2 is 1.75 bits per heavy atom. The van der Waals surface area contributed by atoms with Crippen molar-refractivity contribution in [2.24, 2.45) is 7.05 Å². The van der Waals surface area contributed by atoms with E-state index >= 15 is 0 Å². The van der Waals surface area contributed by atoms with Crippen LogP contribution in [0.4, 0.5) is 8.78 Å². The van der Waals surface area contributed by atoms with Crippen LogP contribution in [0.3, 0.4) is 0 Å². The maximum Gasteiger partial charge on any atom is 0.309 e. The number of hydrogen-bond donors (Lipinski definition) is 1. The molecular formula is C23H20F2N4O3. The number of aliphatic hydroxyl groups is 1. The van der Waals surface area contributed by atoms with Crippen molar-refractivity contribution in [3.8, 4) is 0 Å². The second kappa shape index (κ2) is 9.19. The summed E-state index contributed by atoms with van der Waals surface area (Å²) >= 11 is 0. The highest BCUT2D eigenvalue weighted by molar-refractivity contribution is 6.01. The number of halogens is 2. The van der Waals surface area contributed by atoms with Crippen LogP contribution in [0.25, 0.3) is 11.1 Å². The molecule has 0 unspecified atom stereocenters. The van der Waals surface area contributed by atoms with E-state index in [-0.39, 0.29) is 35.4 Å². The van der Waals surface area contributed by atoms with E-state index in [1.807, 2.05) is 0 Å². The zero-order valence-corrected chi connectivity index (χ0v) is 17.2. The van der Waals surface area contributed by atoms with Crippen molar-refractivity contribution < 1.29 is 23.4 Å². The molecule has 2 aromatic carbocycles. The number of aliphatic hydroxyl groups excluding tert-OH is 1. The molecule has 0 spiro atoms. The molecule has 1 fully saturated rings. The van der Waals surface area contributed by atoms with Gasteiger partial charge in [-0.3, -0.25) is 4.79 Å².